The van der Waals surface area contributed by atoms with E-state index in [1.165, 1.54) is 12.2 Å². The first-order valence-corrected chi connectivity index (χ1v) is 32.1. The maximum atomic E-state index is 16.4. The number of esters is 4. The highest BCUT2D eigenvalue weighted by Crippen LogP contribution is 2.64. The number of allylic oxidation sites excluding steroid dienone is 2. The number of rotatable bonds is 14. The molecule has 4 aliphatic rings. The molecular weight excluding hydrogens is 1220 g/mol. The molecule has 0 amide bonds. The number of hydrogen-bond donors (Lipinski definition) is 1. The number of ketones is 3. The van der Waals surface area contributed by atoms with Crippen LogP contribution in [0.2, 0.25) is 0 Å². The number of benzene rings is 10. The third kappa shape index (κ3) is 9.31. The first kappa shape index (κ1) is 57.8. The Morgan fingerprint density at radius 1 is 0.404 bits per heavy atom. The van der Waals surface area contributed by atoms with Gasteiger partial charge in [0.1, 0.15) is 32.5 Å². The predicted molar refractivity (Wildman–Crippen MR) is 360 cm³/mol. The first-order valence-electron chi connectivity index (χ1n) is 30.4. The fraction of sp³-hybridized carbons (Fsp3) is 0.0875. The minimum atomic E-state index is -2.81. The minimum Gasteiger partial charge on any atom is -0.459 e. The number of hydrogen-bond acceptors (Lipinski definition) is 14. The van der Waals surface area contributed by atoms with Crippen molar-refractivity contribution in [3.05, 3.63) is 318 Å². The quantitative estimate of drug-likeness (QED) is 0.0273. The fourth-order valence-electron chi connectivity index (χ4n) is 13.6. The Hall–Kier alpha value is -11.3. The number of thiophene rings is 2. The van der Waals surface area contributed by atoms with Crippen LogP contribution < -0.4 is 0 Å². The molecular formula is C80H50O12S2. The van der Waals surface area contributed by atoms with E-state index in [4.69, 9.17) is 18.9 Å². The third-order valence-electron chi connectivity index (χ3n) is 18.2. The van der Waals surface area contributed by atoms with Crippen LogP contribution in [0.5, 0.6) is 0 Å². The number of aliphatic hydroxyl groups excluding tert-OH is 1. The Morgan fingerprint density at radius 2 is 0.798 bits per heavy atom. The molecule has 14 heteroatoms. The number of ether oxygens (including phenoxy) is 4. The normalized spacial score (nSPS) is 15.8. The highest BCUT2D eigenvalue weighted by atomic mass is 32.1. The van der Waals surface area contributed by atoms with Gasteiger partial charge in [0.25, 0.3) is 0 Å². The zero-order valence-electron chi connectivity index (χ0n) is 49.8. The lowest BCUT2D eigenvalue weighted by Crippen LogP contribution is -2.51. The smallest absolute Gasteiger partial charge is 0.333 e. The van der Waals surface area contributed by atoms with Gasteiger partial charge in [-0.1, -0.05) is 170 Å². The van der Waals surface area contributed by atoms with Crippen molar-refractivity contribution in [2.24, 2.45) is 0 Å². The van der Waals surface area contributed by atoms with Gasteiger partial charge in [-0.15, -0.1) is 22.7 Å². The average molecular weight is 1270 g/mol. The molecule has 2 aromatic heterocycles. The lowest BCUT2D eigenvalue weighted by atomic mass is 9.69. The molecule has 0 radical (unpaired) electrons. The van der Waals surface area contributed by atoms with Crippen LogP contribution in [0, 0.1) is 0 Å². The maximum absolute atomic E-state index is 16.4. The summed E-state index contributed by atoms with van der Waals surface area (Å²) in [5.41, 5.74) is -3.09. The molecule has 1 unspecified atom stereocenters. The average Bonchev–Trinajstić information content (AvgIpc) is 1.49. The summed E-state index contributed by atoms with van der Waals surface area (Å²) in [6.07, 6.45) is 2.95. The summed E-state index contributed by atoms with van der Waals surface area (Å²) in [5.74, 6) is -6.42. The molecule has 4 aliphatic carbocycles. The summed E-state index contributed by atoms with van der Waals surface area (Å²) in [5, 5.41) is 19.1. The van der Waals surface area contributed by atoms with Crippen LogP contribution in [0.1, 0.15) is 91.4 Å². The number of carbonyl (C=O) groups excluding carboxylic acids is 7. The number of carbonyl (C=O) groups is 7. The lowest BCUT2D eigenvalue weighted by Gasteiger charge is -2.33. The van der Waals surface area contributed by atoms with Crippen LogP contribution in [0.25, 0.3) is 65.0 Å². The van der Waals surface area contributed by atoms with E-state index < -0.39 is 58.2 Å². The van der Waals surface area contributed by atoms with Crippen molar-refractivity contribution >= 4 is 119 Å². The molecule has 94 heavy (non-hydrogen) atoms. The third-order valence-corrected chi connectivity index (χ3v) is 20.6. The van der Waals surface area contributed by atoms with Gasteiger partial charge in [0.05, 0.1) is 15.3 Å². The van der Waals surface area contributed by atoms with Gasteiger partial charge in [-0.25, -0.2) is 0 Å². The first-order chi connectivity index (χ1) is 45.9. The number of fused-ring (bicyclic) bond motifs is 11. The Morgan fingerprint density at radius 3 is 1.23 bits per heavy atom. The monoisotopic (exact) mass is 1270 g/mol. The van der Waals surface area contributed by atoms with Crippen molar-refractivity contribution < 1.29 is 57.6 Å². The molecule has 1 atom stereocenters. The molecule has 12 nitrogen and oxygen atoms in total. The van der Waals surface area contributed by atoms with Crippen LogP contribution in [-0.4, -0.2) is 46.3 Å². The summed E-state index contributed by atoms with van der Waals surface area (Å²) >= 11 is 2.17. The van der Waals surface area contributed by atoms with Gasteiger partial charge in [0.2, 0.25) is 10.8 Å². The zero-order chi connectivity index (χ0) is 64.0. The van der Waals surface area contributed by atoms with Crippen molar-refractivity contribution in [1.29, 1.82) is 0 Å². The Bertz CT molecular complexity index is 5180. The zero-order valence-corrected chi connectivity index (χ0v) is 51.4. The van der Waals surface area contributed by atoms with Gasteiger partial charge in [0, 0.05) is 48.7 Å². The van der Waals surface area contributed by atoms with Crippen LogP contribution >= 0.6 is 22.7 Å². The van der Waals surface area contributed by atoms with Crippen LogP contribution in [0.3, 0.4) is 0 Å². The van der Waals surface area contributed by atoms with E-state index in [2.05, 4.69) is 0 Å². The molecule has 0 aliphatic heterocycles. The molecule has 2 heterocycles. The summed E-state index contributed by atoms with van der Waals surface area (Å²) in [7, 11) is 0. The number of Topliss-reactive ketones (excluding diaryl/α,β-unsaturated/α-hetero) is 3. The van der Waals surface area contributed by atoms with Gasteiger partial charge < -0.3 is 24.1 Å². The summed E-state index contributed by atoms with van der Waals surface area (Å²) in [4.78, 5) is 112. The van der Waals surface area contributed by atoms with E-state index in [-0.39, 0.29) is 80.7 Å². The van der Waals surface area contributed by atoms with Crippen molar-refractivity contribution in [3.8, 4) is 9.75 Å². The van der Waals surface area contributed by atoms with E-state index in [0.29, 0.717) is 53.9 Å². The number of aliphatic hydroxyl groups is 1. The van der Waals surface area contributed by atoms with Crippen molar-refractivity contribution in [2.75, 3.05) is 0 Å². The lowest BCUT2D eigenvalue weighted by molar-refractivity contribution is -0.167. The topological polar surface area (TPSA) is 177 Å². The molecule has 0 saturated heterocycles. The molecule has 454 valence electrons. The minimum absolute atomic E-state index is 0.0479. The standard InChI is InChI=1S/C80H50O12S2/c81-69-59-33-53-29-49-25-13-14-26-50(49)30-54(53)34-60(59)70(82)63(69)37-57-38-66-67(79(57,75(85)89-41-45-17-5-1-6-18-45)76(86)90-42-46-19-7-2-8-20-46)68-74(94-66)73-65(80(68,77(87)91-43-47-21-9-3-10-22-47)78(88)92-44-48-23-11-4-12-24-48)40-58(93-73)39-64-71(83)61-35-55-31-51-27-15-16-28-52(51)32-56(55)36-62(61)72(64)84/h1-40,71,83H,41-44H2/b64-39+. The van der Waals surface area contributed by atoms with Crippen molar-refractivity contribution in [2.45, 2.75) is 43.4 Å². The van der Waals surface area contributed by atoms with Gasteiger partial charge >= 0.3 is 23.9 Å². The Balaban J connectivity index is 0.916. The summed E-state index contributed by atoms with van der Waals surface area (Å²) in [6.45, 7) is -1.44. The SMILES string of the molecule is O=C1C(=CC2=Cc3sc4c(c3C2(C(=O)OCc2ccccc2)C(=O)OCc2ccccc2)C(C(=O)OCc2ccccc2)(C(=O)OCc2ccccc2)c2cc(/C=C3/C(=O)c5cc6cc7ccccc7cc6cc5C3O)sc2-4)C(=O)c2cc3cc4ccccc4cc3cc21. The molecule has 0 saturated carbocycles. The Kier molecular flexibility index (Phi) is 14.0. The van der Waals surface area contributed by atoms with Crippen LogP contribution in [-0.2, 0) is 75.4 Å². The molecule has 12 aromatic rings. The van der Waals surface area contributed by atoms with E-state index in [0.717, 1.165) is 55.0 Å². The van der Waals surface area contributed by atoms with Crippen molar-refractivity contribution in [3.63, 3.8) is 0 Å². The van der Waals surface area contributed by atoms with Gasteiger partial charge in [0.15, 0.2) is 17.3 Å². The predicted octanol–water partition coefficient (Wildman–Crippen LogP) is 15.6. The molecule has 1 N–H and O–H groups in total. The van der Waals surface area contributed by atoms with Gasteiger partial charge in [-0.05, 0) is 149 Å². The second kappa shape index (κ2) is 22.8. The largest absolute Gasteiger partial charge is 0.459 e. The van der Waals surface area contributed by atoms with Crippen LogP contribution in [0.4, 0.5) is 0 Å². The maximum Gasteiger partial charge on any atom is 0.333 e. The molecule has 0 fully saturated rings. The molecule has 16 rings (SSSR count). The highest BCUT2D eigenvalue weighted by molar-refractivity contribution is 7.23. The second-order valence-electron chi connectivity index (χ2n) is 23.8. The van der Waals surface area contributed by atoms with E-state index in [9.17, 15) is 9.90 Å². The molecule has 0 bridgehead atoms. The highest BCUT2D eigenvalue weighted by Gasteiger charge is 2.68. The van der Waals surface area contributed by atoms with E-state index >= 15 is 28.8 Å². The Labute approximate surface area is 544 Å². The van der Waals surface area contributed by atoms with E-state index in [1.54, 1.807) is 152 Å². The van der Waals surface area contributed by atoms with E-state index in [1.807, 2.05) is 78.9 Å². The van der Waals surface area contributed by atoms with Gasteiger partial charge in [-0.2, -0.15) is 0 Å². The van der Waals surface area contributed by atoms with Crippen LogP contribution in [0.15, 0.2) is 247 Å². The fourth-order valence-corrected chi connectivity index (χ4v) is 16.3. The molecule has 0 spiro atoms. The summed E-state index contributed by atoms with van der Waals surface area (Å²) < 4.78 is 25.5. The molecule has 10 aromatic carbocycles. The van der Waals surface area contributed by atoms with Crippen molar-refractivity contribution in [1.82, 2.24) is 0 Å². The van der Waals surface area contributed by atoms with Gasteiger partial charge in [-0.3, -0.25) is 33.6 Å². The second-order valence-corrected chi connectivity index (χ2v) is 25.9. The summed E-state index contributed by atoms with van der Waals surface area (Å²) in [6, 6.07) is 67.3.